The van der Waals surface area contributed by atoms with E-state index in [2.05, 4.69) is 0 Å². The minimum atomic E-state index is -3.54. The van der Waals surface area contributed by atoms with Crippen molar-refractivity contribution in [2.45, 2.75) is 35.5 Å². The molecule has 0 heterocycles. The molecule has 164 valence electrons. The van der Waals surface area contributed by atoms with Gasteiger partial charge in [-0.1, -0.05) is 24.3 Å². The summed E-state index contributed by atoms with van der Waals surface area (Å²) in [4.78, 5) is 12.5. The summed E-state index contributed by atoms with van der Waals surface area (Å²) < 4.78 is 48.1. The summed E-state index contributed by atoms with van der Waals surface area (Å²) in [5, 5.41) is 17.8. The zero-order chi connectivity index (χ0) is 22.2. The number of ketones is 1. The Balaban J connectivity index is 1.94. The molecule has 2 N–H and O–H groups in total. The number of carbonyl (C=O) groups is 1. The molecular weight excluding hydrogens is 428 g/mol. The summed E-state index contributed by atoms with van der Waals surface area (Å²) in [6, 6.07) is 12.7. The van der Waals surface area contributed by atoms with Crippen LogP contribution in [-0.2, 0) is 37.3 Å². The lowest BCUT2D eigenvalue weighted by Crippen LogP contribution is -2.11. The zero-order valence-electron chi connectivity index (χ0n) is 16.5. The fourth-order valence-corrected chi connectivity index (χ4v) is 5.14. The lowest BCUT2D eigenvalue weighted by Gasteiger charge is -2.07. The van der Waals surface area contributed by atoms with Gasteiger partial charge in [0.25, 0.3) is 0 Å². The quantitative estimate of drug-likeness (QED) is 0.496. The number of rotatable bonds is 12. The van der Waals surface area contributed by atoms with Crippen molar-refractivity contribution in [3.05, 3.63) is 59.7 Å². The molecular formula is C21H26O7S2. The molecule has 9 heteroatoms. The van der Waals surface area contributed by atoms with Crippen molar-refractivity contribution in [1.29, 1.82) is 0 Å². The van der Waals surface area contributed by atoms with Crippen molar-refractivity contribution in [1.82, 2.24) is 0 Å². The first-order valence-corrected chi connectivity index (χ1v) is 12.9. The van der Waals surface area contributed by atoms with Gasteiger partial charge >= 0.3 is 0 Å². The standard InChI is InChI=1S/C21H26O7S2/c22-11-13-29(25,26)20-5-1-3-17(15-20)7-9-19(24)10-8-18-4-2-6-21(16-18)30(27,28)14-12-23/h1-6,15-16,22-23H,7-14H2. The Morgan fingerprint density at radius 2 is 1.10 bits per heavy atom. The van der Waals surface area contributed by atoms with Gasteiger partial charge < -0.3 is 10.2 Å². The average Bonchev–Trinajstić information content (AvgIpc) is 2.71. The summed E-state index contributed by atoms with van der Waals surface area (Å²) in [5.41, 5.74) is 1.44. The normalized spacial score (nSPS) is 12.1. The largest absolute Gasteiger partial charge is 0.395 e. The first kappa shape index (κ1) is 24.2. The van der Waals surface area contributed by atoms with Crippen molar-refractivity contribution < 1.29 is 31.8 Å². The number of benzene rings is 2. The molecule has 0 aromatic heterocycles. The van der Waals surface area contributed by atoms with E-state index in [0.717, 1.165) is 11.1 Å². The van der Waals surface area contributed by atoms with Crippen LogP contribution in [0.2, 0.25) is 0 Å². The van der Waals surface area contributed by atoms with Crippen LogP contribution in [-0.4, -0.2) is 57.6 Å². The van der Waals surface area contributed by atoms with E-state index in [1.165, 1.54) is 24.3 Å². The average molecular weight is 455 g/mol. The number of aryl methyl sites for hydroxylation is 2. The lowest BCUT2D eigenvalue weighted by atomic mass is 10.0. The molecule has 30 heavy (non-hydrogen) atoms. The maximum atomic E-state index is 12.3. The summed E-state index contributed by atoms with van der Waals surface area (Å²) in [6.07, 6.45) is 1.27. The Morgan fingerprint density at radius 3 is 1.47 bits per heavy atom. The highest BCUT2D eigenvalue weighted by Gasteiger charge is 2.15. The first-order chi connectivity index (χ1) is 14.2. The number of aliphatic hydroxyl groups excluding tert-OH is 2. The van der Waals surface area contributed by atoms with E-state index >= 15 is 0 Å². The van der Waals surface area contributed by atoms with Gasteiger partial charge in [0, 0.05) is 12.8 Å². The fourth-order valence-electron chi connectivity index (χ4n) is 2.96. The summed E-state index contributed by atoms with van der Waals surface area (Å²) >= 11 is 0. The fraction of sp³-hybridized carbons (Fsp3) is 0.381. The molecule has 0 unspecified atom stereocenters. The SMILES string of the molecule is O=C(CCc1cccc(S(=O)(=O)CCO)c1)CCc1cccc(S(=O)(=O)CCO)c1. The maximum Gasteiger partial charge on any atom is 0.180 e. The van der Waals surface area contributed by atoms with E-state index in [-0.39, 0.29) is 39.9 Å². The van der Waals surface area contributed by atoms with Crippen LogP contribution in [0.15, 0.2) is 58.3 Å². The number of hydrogen-bond donors (Lipinski definition) is 2. The van der Waals surface area contributed by atoms with E-state index in [9.17, 15) is 21.6 Å². The van der Waals surface area contributed by atoms with Crippen molar-refractivity contribution in [3.8, 4) is 0 Å². The minimum Gasteiger partial charge on any atom is -0.395 e. The third-order valence-corrected chi connectivity index (χ3v) is 8.00. The minimum absolute atomic E-state index is 0.0118. The molecule has 0 atom stereocenters. The van der Waals surface area contributed by atoms with Gasteiger partial charge in [-0.15, -0.1) is 0 Å². The van der Waals surface area contributed by atoms with E-state index in [1.54, 1.807) is 24.3 Å². The summed E-state index contributed by atoms with van der Waals surface area (Å²) in [5.74, 6) is -0.701. The molecule has 0 aliphatic heterocycles. The Kier molecular flexibility index (Phi) is 8.72. The van der Waals surface area contributed by atoms with Crippen LogP contribution < -0.4 is 0 Å². The highest BCUT2D eigenvalue weighted by molar-refractivity contribution is 7.91. The Morgan fingerprint density at radius 1 is 0.700 bits per heavy atom. The van der Waals surface area contributed by atoms with Gasteiger partial charge in [-0.2, -0.15) is 0 Å². The molecule has 0 aliphatic rings. The van der Waals surface area contributed by atoms with E-state index in [1.807, 2.05) is 0 Å². The van der Waals surface area contributed by atoms with Gasteiger partial charge in [0.2, 0.25) is 0 Å². The van der Waals surface area contributed by atoms with Crippen molar-refractivity contribution in [3.63, 3.8) is 0 Å². The molecule has 0 radical (unpaired) electrons. The smallest absolute Gasteiger partial charge is 0.180 e. The molecule has 7 nitrogen and oxygen atoms in total. The molecule has 2 rings (SSSR count). The van der Waals surface area contributed by atoms with Crippen LogP contribution in [0.5, 0.6) is 0 Å². The van der Waals surface area contributed by atoms with Crippen LogP contribution in [0.3, 0.4) is 0 Å². The Hall–Kier alpha value is -2.07. The number of Topliss-reactive ketones (excluding diaryl/α,β-unsaturated/α-hetero) is 1. The predicted octanol–water partition coefficient (Wildman–Crippen LogP) is 1.35. The number of sulfone groups is 2. The van der Waals surface area contributed by atoms with Crippen LogP contribution in [0.25, 0.3) is 0 Å². The number of carbonyl (C=O) groups excluding carboxylic acids is 1. The predicted molar refractivity (Wildman–Crippen MR) is 113 cm³/mol. The maximum absolute atomic E-state index is 12.3. The van der Waals surface area contributed by atoms with Crippen molar-refractivity contribution in [2.24, 2.45) is 0 Å². The third kappa shape index (κ3) is 7.02. The second kappa shape index (κ2) is 10.8. The Labute approximate surface area is 177 Å². The Bertz CT molecular complexity index is 989. The monoisotopic (exact) mass is 454 g/mol. The molecule has 2 aromatic carbocycles. The van der Waals surface area contributed by atoms with Crippen LogP contribution in [0.4, 0.5) is 0 Å². The van der Waals surface area contributed by atoms with Gasteiger partial charge in [0.05, 0.1) is 34.5 Å². The third-order valence-electron chi connectivity index (χ3n) is 4.62. The topological polar surface area (TPSA) is 126 Å². The second-order valence-electron chi connectivity index (χ2n) is 6.92. The van der Waals surface area contributed by atoms with E-state index in [4.69, 9.17) is 10.2 Å². The van der Waals surface area contributed by atoms with Crippen molar-refractivity contribution in [2.75, 3.05) is 24.7 Å². The molecule has 0 amide bonds. The molecule has 2 aromatic rings. The molecule has 0 spiro atoms. The van der Waals surface area contributed by atoms with Crippen LogP contribution >= 0.6 is 0 Å². The van der Waals surface area contributed by atoms with Gasteiger partial charge in [0.15, 0.2) is 19.7 Å². The summed E-state index contributed by atoms with van der Waals surface area (Å²) in [6.45, 7) is -0.902. The van der Waals surface area contributed by atoms with E-state index in [0.29, 0.717) is 12.8 Å². The molecule has 0 bridgehead atoms. The molecule has 0 saturated heterocycles. The van der Waals surface area contributed by atoms with Gasteiger partial charge in [-0.3, -0.25) is 4.79 Å². The second-order valence-corrected chi connectivity index (χ2v) is 11.1. The van der Waals surface area contributed by atoms with Gasteiger partial charge in [-0.05, 0) is 48.2 Å². The highest BCUT2D eigenvalue weighted by atomic mass is 32.2. The molecule has 0 fully saturated rings. The number of aliphatic hydroxyl groups is 2. The van der Waals surface area contributed by atoms with Crippen molar-refractivity contribution >= 4 is 25.5 Å². The highest BCUT2D eigenvalue weighted by Crippen LogP contribution is 2.17. The van der Waals surface area contributed by atoms with E-state index < -0.39 is 32.9 Å². The van der Waals surface area contributed by atoms with Crippen LogP contribution in [0, 0.1) is 0 Å². The summed E-state index contributed by atoms with van der Waals surface area (Å²) in [7, 11) is -7.08. The number of hydrogen-bond acceptors (Lipinski definition) is 7. The first-order valence-electron chi connectivity index (χ1n) is 9.55. The molecule has 0 aliphatic carbocycles. The molecule has 0 saturated carbocycles. The zero-order valence-corrected chi connectivity index (χ0v) is 18.2. The lowest BCUT2D eigenvalue weighted by molar-refractivity contribution is -0.119. The van der Waals surface area contributed by atoms with Crippen LogP contribution in [0.1, 0.15) is 24.0 Å². The van der Waals surface area contributed by atoms with Gasteiger partial charge in [-0.25, -0.2) is 16.8 Å². The van der Waals surface area contributed by atoms with Gasteiger partial charge in [0.1, 0.15) is 5.78 Å².